The van der Waals surface area contributed by atoms with Crippen molar-refractivity contribution in [1.82, 2.24) is 0 Å². The van der Waals surface area contributed by atoms with Gasteiger partial charge >= 0.3 is 12.9 Å². The van der Waals surface area contributed by atoms with Gasteiger partial charge in [0.2, 0.25) is 0 Å². The second-order valence-corrected chi connectivity index (χ2v) is 3.06. The summed E-state index contributed by atoms with van der Waals surface area (Å²) in [5.74, 6) is -0.690. The molecule has 0 saturated heterocycles. The van der Waals surface area contributed by atoms with E-state index >= 15 is 0 Å². The molecule has 0 spiro atoms. The van der Waals surface area contributed by atoms with Gasteiger partial charge in [-0.05, 0) is 0 Å². The van der Waals surface area contributed by atoms with Crippen LogP contribution >= 0.6 is 0 Å². The summed E-state index contributed by atoms with van der Waals surface area (Å²) in [4.78, 5) is 10.8. The molecule has 6 heteroatoms. The van der Waals surface area contributed by atoms with Crippen molar-refractivity contribution < 1.29 is 22.5 Å². The summed E-state index contributed by atoms with van der Waals surface area (Å²) >= 11 is 0. The fourth-order valence-electron chi connectivity index (χ4n) is 1.19. The van der Waals surface area contributed by atoms with Crippen LogP contribution < -0.4 is 5.46 Å². The first-order chi connectivity index (χ1) is 7.45. The van der Waals surface area contributed by atoms with Crippen LogP contribution in [-0.2, 0) is 9.53 Å². The second kappa shape index (κ2) is 4.87. The highest BCUT2D eigenvalue weighted by Crippen LogP contribution is 2.13. The lowest BCUT2D eigenvalue weighted by molar-refractivity contribution is -0.134. The molecule has 16 heavy (non-hydrogen) atoms. The molecule has 0 radical (unpaired) electrons. The Kier molecular flexibility index (Phi) is 3.76. The zero-order chi connectivity index (χ0) is 12.2. The molecular weight excluding hydrogens is 220 g/mol. The molecule has 0 aliphatic heterocycles. The van der Waals surface area contributed by atoms with Crippen molar-refractivity contribution in [2.24, 2.45) is 0 Å². The Labute approximate surface area is 90.8 Å². The molecule has 1 aromatic carbocycles. The number of hydrogen-bond acceptors (Lipinski definition) is 2. The smallest absolute Gasteiger partial charge is 0.466 e. The quantitative estimate of drug-likeness (QED) is 0.449. The lowest BCUT2D eigenvalue weighted by Crippen LogP contribution is -2.35. The van der Waals surface area contributed by atoms with Crippen molar-refractivity contribution in [2.45, 2.75) is 0 Å². The van der Waals surface area contributed by atoms with Gasteiger partial charge in [-0.1, -0.05) is 35.9 Å². The lowest BCUT2D eigenvalue weighted by Gasteiger charge is -2.17. The summed E-state index contributed by atoms with van der Waals surface area (Å²) in [6, 6.07) is 5.06. The third-order valence-electron chi connectivity index (χ3n) is 1.95. The SMILES string of the molecule is COC(=O)/C=C/c1ccccc1[B-](F)(F)F. The van der Waals surface area contributed by atoms with E-state index in [2.05, 4.69) is 4.74 Å². The minimum atomic E-state index is -5.08. The van der Waals surface area contributed by atoms with E-state index in [0.29, 0.717) is 0 Å². The Morgan fingerprint density at radius 3 is 2.50 bits per heavy atom. The first-order valence-corrected chi connectivity index (χ1v) is 4.50. The zero-order valence-corrected chi connectivity index (χ0v) is 8.49. The number of esters is 1. The number of methoxy groups -OCH3 is 1. The number of carbonyl (C=O) groups excluding carboxylic acids is 1. The van der Waals surface area contributed by atoms with Gasteiger partial charge in [0.15, 0.2) is 0 Å². The Bertz CT molecular complexity index is 413. The van der Waals surface area contributed by atoms with Gasteiger partial charge in [0, 0.05) is 6.08 Å². The number of halogens is 3. The van der Waals surface area contributed by atoms with Gasteiger partial charge in [0.1, 0.15) is 0 Å². The molecule has 0 saturated carbocycles. The molecule has 1 rings (SSSR count). The van der Waals surface area contributed by atoms with E-state index in [1.807, 2.05) is 0 Å². The summed E-state index contributed by atoms with van der Waals surface area (Å²) in [5, 5.41) is 0. The van der Waals surface area contributed by atoms with Crippen LogP contribution in [0.3, 0.4) is 0 Å². The minimum Gasteiger partial charge on any atom is -0.466 e. The van der Waals surface area contributed by atoms with Crippen LogP contribution in [0, 0.1) is 0 Å². The predicted octanol–water partition coefficient (Wildman–Crippen LogP) is 1.93. The van der Waals surface area contributed by atoms with Gasteiger partial charge in [0.05, 0.1) is 7.11 Å². The van der Waals surface area contributed by atoms with Crippen LogP contribution in [0.2, 0.25) is 0 Å². The summed E-state index contributed by atoms with van der Waals surface area (Å²) in [5.41, 5.74) is -0.761. The minimum absolute atomic E-state index is 0.0413. The first-order valence-electron chi connectivity index (χ1n) is 4.50. The Hall–Kier alpha value is -1.72. The average molecular weight is 229 g/mol. The summed E-state index contributed by atoms with van der Waals surface area (Å²) < 4.78 is 42.0. The predicted molar refractivity (Wildman–Crippen MR) is 56.2 cm³/mol. The van der Waals surface area contributed by atoms with Crippen molar-refractivity contribution in [3.8, 4) is 0 Å². The molecule has 86 valence electrons. The number of carbonyl (C=O) groups is 1. The number of rotatable bonds is 3. The molecule has 0 heterocycles. The molecule has 0 fully saturated rings. The van der Waals surface area contributed by atoms with E-state index in [-0.39, 0.29) is 5.56 Å². The summed E-state index contributed by atoms with van der Waals surface area (Å²) in [6.45, 7) is -5.08. The molecule has 0 atom stereocenters. The van der Waals surface area contributed by atoms with Crippen molar-refractivity contribution in [1.29, 1.82) is 0 Å². The molecule has 0 N–H and O–H groups in total. The standard InChI is InChI=1S/C10H9BF3O2/c1-16-10(15)7-6-8-4-2-3-5-9(8)11(12,13)14/h2-7H,1H3/q-1/b7-6+. The third-order valence-corrected chi connectivity index (χ3v) is 1.95. The van der Waals surface area contributed by atoms with E-state index < -0.39 is 18.4 Å². The van der Waals surface area contributed by atoms with E-state index in [9.17, 15) is 17.7 Å². The largest absolute Gasteiger partial charge is 0.510 e. The highest BCUT2D eigenvalue weighted by Gasteiger charge is 2.27. The number of hydrogen-bond donors (Lipinski definition) is 0. The van der Waals surface area contributed by atoms with Gasteiger partial charge in [-0.2, -0.15) is 0 Å². The van der Waals surface area contributed by atoms with Crippen LogP contribution in [0.5, 0.6) is 0 Å². The number of benzene rings is 1. The van der Waals surface area contributed by atoms with Gasteiger partial charge in [-0.3, -0.25) is 0 Å². The van der Waals surface area contributed by atoms with Crippen molar-refractivity contribution in [3.05, 3.63) is 35.9 Å². The van der Waals surface area contributed by atoms with Crippen molar-refractivity contribution in [2.75, 3.05) is 7.11 Å². The molecule has 1 aromatic rings. The normalized spacial score (nSPS) is 11.8. The second-order valence-electron chi connectivity index (χ2n) is 3.06. The Morgan fingerprint density at radius 2 is 1.94 bits per heavy atom. The van der Waals surface area contributed by atoms with E-state index in [0.717, 1.165) is 25.3 Å². The van der Waals surface area contributed by atoms with Crippen LogP contribution in [-0.4, -0.2) is 20.1 Å². The van der Waals surface area contributed by atoms with Crippen LogP contribution in [0.15, 0.2) is 30.3 Å². The molecule has 0 bridgehead atoms. The highest BCUT2D eigenvalue weighted by molar-refractivity contribution is 6.74. The molecule has 0 aliphatic carbocycles. The molecule has 0 unspecified atom stereocenters. The summed E-state index contributed by atoms with van der Waals surface area (Å²) in [6.07, 6.45) is 2.05. The van der Waals surface area contributed by atoms with Crippen molar-refractivity contribution in [3.63, 3.8) is 0 Å². The molecule has 0 amide bonds. The monoisotopic (exact) mass is 229 g/mol. The van der Waals surface area contributed by atoms with Gasteiger partial charge < -0.3 is 17.7 Å². The third kappa shape index (κ3) is 3.15. The summed E-state index contributed by atoms with van der Waals surface area (Å²) in [7, 11) is 1.16. The molecule has 0 aromatic heterocycles. The van der Waals surface area contributed by atoms with Gasteiger partial charge in [0.25, 0.3) is 0 Å². The van der Waals surface area contributed by atoms with E-state index in [1.54, 1.807) is 0 Å². The molecule has 0 aliphatic rings. The topological polar surface area (TPSA) is 26.3 Å². The molecular formula is C10H9BF3O2-. The molecule has 2 nitrogen and oxygen atoms in total. The van der Waals surface area contributed by atoms with Gasteiger partial charge in [-0.25, -0.2) is 4.79 Å². The lowest BCUT2D eigenvalue weighted by atomic mass is 9.77. The van der Waals surface area contributed by atoms with Gasteiger partial charge in [-0.15, -0.1) is 5.46 Å². The van der Waals surface area contributed by atoms with Crippen molar-refractivity contribution >= 4 is 24.5 Å². The number of ether oxygens (including phenoxy) is 1. The van der Waals surface area contributed by atoms with Crippen LogP contribution in [0.4, 0.5) is 12.9 Å². The van der Waals surface area contributed by atoms with E-state index in [1.165, 1.54) is 18.2 Å². The maximum atomic E-state index is 12.6. The maximum absolute atomic E-state index is 12.6. The fraction of sp³-hybridized carbons (Fsp3) is 0.100. The zero-order valence-electron chi connectivity index (χ0n) is 8.49. The fourth-order valence-corrected chi connectivity index (χ4v) is 1.19. The van der Waals surface area contributed by atoms with E-state index in [4.69, 9.17) is 0 Å². The first kappa shape index (κ1) is 12.4. The van der Waals surface area contributed by atoms with Crippen LogP contribution in [0.1, 0.15) is 5.56 Å². The maximum Gasteiger partial charge on any atom is 0.510 e. The highest BCUT2D eigenvalue weighted by atomic mass is 19.4. The average Bonchev–Trinajstić information content (AvgIpc) is 2.25. The Morgan fingerprint density at radius 1 is 1.31 bits per heavy atom. The van der Waals surface area contributed by atoms with Crippen LogP contribution in [0.25, 0.3) is 6.08 Å². The Balaban J connectivity index is 3.05.